The molecule has 8 heteroatoms. The predicted molar refractivity (Wildman–Crippen MR) is 79.4 cm³/mol. The van der Waals surface area contributed by atoms with Gasteiger partial charge in [0.15, 0.2) is 5.82 Å². The number of hydrazine groups is 1. The molecule has 7 nitrogen and oxygen atoms in total. The second kappa shape index (κ2) is 7.13. The number of nitrogens with one attached hydrogen (secondary N) is 1. The highest BCUT2D eigenvalue weighted by Crippen LogP contribution is 2.17. The molecule has 0 radical (unpaired) electrons. The number of ether oxygens (including phenoxy) is 1. The van der Waals surface area contributed by atoms with Gasteiger partial charge in [-0.15, -0.1) is 11.3 Å². The van der Waals surface area contributed by atoms with E-state index in [0.29, 0.717) is 31.4 Å². The van der Waals surface area contributed by atoms with E-state index in [2.05, 4.69) is 20.4 Å². The van der Waals surface area contributed by atoms with Crippen LogP contribution in [0.3, 0.4) is 0 Å². The fraction of sp³-hybridized carbons (Fsp3) is 0.417. The topological polar surface area (TPSA) is 89.2 Å². The lowest BCUT2D eigenvalue weighted by Gasteiger charge is -2.18. The number of hydrogen-bond donors (Lipinski definition) is 2. The smallest absolute Gasteiger partial charge is 0.158 e. The van der Waals surface area contributed by atoms with E-state index in [1.54, 1.807) is 17.4 Å². The van der Waals surface area contributed by atoms with E-state index in [9.17, 15) is 0 Å². The summed E-state index contributed by atoms with van der Waals surface area (Å²) >= 11 is 1.58. The average molecular weight is 294 g/mol. The van der Waals surface area contributed by atoms with E-state index >= 15 is 0 Å². The molecule has 20 heavy (non-hydrogen) atoms. The van der Waals surface area contributed by atoms with Crippen LogP contribution in [0.1, 0.15) is 18.4 Å². The van der Waals surface area contributed by atoms with Crippen LogP contribution in [0.15, 0.2) is 17.0 Å². The van der Waals surface area contributed by atoms with Crippen molar-refractivity contribution in [1.29, 1.82) is 0 Å². The molecule has 108 valence electrons. The maximum atomic E-state index is 5.44. The minimum Gasteiger partial charge on any atom is -0.374 e. The van der Waals surface area contributed by atoms with Gasteiger partial charge in [0.1, 0.15) is 18.2 Å². The third-order valence-corrected chi connectivity index (χ3v) is 3.25. The number of nitrogens with two attached hydrogens (primary N) is 1. The van der Waals surface area contributed by atoms with Crippen molar-refractivity contribution in [2.75, 3.05) is 24.0 Å². The first-order valence-electron chi connectivity index (χ1n) is 6.23. The number of nitrogen functional groups attached to an aromatic ring is 1. The Hall–Kier alpha value is -1.77. The van der Waals surface area contributed by atoms with Crippen molar-refractivity contribution in [1.82, 2.24) is 15.0 Å². The Morgan fingerprint density at radius 2 is 2.30 bits per heavy atom. The van der Waals surface area contributed by atoms with Gasteiger partial charge < -0.3 is 15.1 Å². The van der Waals surface area contributed by atoms with E-state index < -0.39 is 0 Å². The summed E-state index contributed by atoms with van der Waals surface area (Å²) in [5, 5.41) is 2.01. The Morgan fingerprint density at radius 1 is 1.45 bits per heavy atom. The summed E-state index contributed by atoms with van der Waals surface area (Å²) in [6.45, 7) is 3.59. The van der Waals surface area contributed by atoms with Gasteiger partial charge in [-0.2, -0.15) is 0 Å². The van der Waals surface area contributed by atoms with Gasteiger partial charge in [0.05, 0.1) is 17.7 Å². The zero-order valence-electron chi connectivity index (χ0n) is 11.5. The van der Waals surface area contributed by atoms with Crippen LogP contribution in [0.2, 0.25) is 0 Å². The van der Waals surface area contributed by atoms with E-state index in [1.807, 2.05) is 29.8 Å². The maximum Gasteiger partial charge on any atom is 0.158 e. The molecule has 0 aliphatic rings. The van der Waals surface area contributed by atoms with Gasteiger partial charge in [0, 0.05) is 25.1 Å². The number of thiazole rings is 1. The molecule has 0 fully saturated rings. The molecule has 0 saturated carbocycles. The number of hydrogen-bond acceptors (Lipinski definition) is 8. The summed E-state index contributed by atoms with van der Waals surface area (Å²) in [7, 11) is 1.95. The molecule has 0 bridgehead atoms. The second-order valence-electron chi connectivity index (χ2n) is 4.14. The Labute approximate surface area is 121 Å². The van der Waals surface area contributed by atoms with Crippen LogP contribution >= 0.6 is 11.3 Å². The Morgan fingerprint density at radius 3 is 2.95 bits per heavy atom. The van der Waals surface area contributed by atoms with Crippen LogP contribution in [0.4, 0.5) is 11.6 Å². The van der Waals surface area contributed by atoms with Gasteiger partial charge in [-0.25, -0.2) is 20.8 Å². The van der Waals surface area contributed by atoms with Crippen molar-refractivity contribution in [2.24, 2.45) is 5.84 Å². The Balaban J connectivity index is 2.16. The highest BCUT2D eigenvalue weighted by Gasteiger charge is 2.09. The van der Waals surface area contributed by atoms with Crippen LogP contribution in [-0.4, -0.2) is 28.6 Å². The normalized spacial score (nSPS) is 10.6. The van der Waals surface area contributed by atoms with Crippen molar-refractivity contribution in [3.05, 3.63) is 28.5 Å². The van der Waals surface area contributed by atoms with Crippen LogP contribution in [0, 0.1) is 0 Å². The fourth-order valence-corrected chi connectivity index (χ4v) is 2.20. The molecule has 0 aromatic carbocycles. The minimum absolute atomic E-state index is 0.365. The number of aromatic nitrogens is 3. The average Bonchev–Trinajstić information content (AvgIpc) is 2.97. The molecule has 0 atom stereocenters. The highest BCUT2D eigenvalue weighted by molar-refractivity contribution is 7.07. The van der Waals surface area contributed by atoms with Gasteiger partial charge in [-0.05, 0) is 6.92 Å². The molecule has 3 N–H and O–H groups in total. The van der Waals surface area contributed by atoms with Gasteiger partial charge in [0.25, 0.3) is 0 Å². The molecular weight excluding hydrogens is 276 g/mol. The molecule has 0 aliphatic heterocycles. The van der Waals surface area contributed by atoms with Crippen molar-refractivity contribution >= 4 is 23.0 Å². The summed E-state index contributed by atoms with van der Waals surface area (Å²) in [5.74, 6) is 7.38. The molecule has 0 saturated heterocycles. The van der Waals surface area contributed by atoms with Crippen molar-refractivity contribution < 1.29 is 4.74 Å². The van der Waals surface area contributed by atoms with Crippen LogP contribution in [0.25, 0.3) is 0 Å². The molecular formula is C12H18N6OS. The number of rotatable bonds is 7. The lowest BCUT2D eigenvalue weighted by atomic mass is 10.4. The first kappa shape index (κ1) is 14.6. The van der Waals surface area contributed by atoms with Crippen LogP contribution < -0.4 is 16.2 Å². The number of anilines is 2. The zero-order valence-corrected chi connectivity index (χ0v) is 12.4. The molecule has 0 aliphatic carbocycles. The van der Waals surface area contributed by atoms with Crippen LogP contribution in [0.5, 0.6) is 0 Å². The lowest BCUT2D eigenvalue weighted by Crippen LogP contribution is -2.20. The van der Waals surface area contributed by atoms with Gasteiger partial charge in [-0.1, -0.05) is 0 Å². The molecule has 2 heterocycles. The van der Waals surface area contributed by atoms with Crippen molar-refractivity contribution in [3.8, 4) is 0 Å². The first-order valence-corrected chi connectivity index (χ1v) is 7.17. The largest absolute Gasteiger partial charge is 0.374 e. The summed E-state index contributed by atoms with van der Waals surface area (Å²) < 4.78 is 5.34. The number of nitrogens with zero attached hydrogens (tertiary/aromatic N) is 4. The van der Waals surface area contributed by atoms with E-state index in [4.69, 9.17) is 10.6 Å². The molecule has 2 rings (SSSR count). The predicted octanol–water partition coefficient (Wildman–Crippen LogP) is 1.39. The van der Waals surface area contributed by atoms with E-state index in [0.717, 1.165) is 11.5 Å². The molecule has 2 aromatic heterocycles. The lowest BCUT2D eigenvalue weighted by molar-refractivity contribution is 0.128. The highest BCUT2D eigenvalue weighted by atomic mass is 32.1. The Bertz CT molecular complexity index is 533. The summed E-state index contributed by atoms with van der Waals surface area (Å²) in [6.07, 6.45) is 0. The summed E-state index contributed by atoms with van der Waals surface area (Å²) in [4.78, 5) is 15.0. The summed E-state index contributed by atoms with van der Waals surface area (Å²) in [6, 6.07) is 1.79. The van der Waals surface area contributed by atoms with Gasteiger partial charge >= 0.3 is 0 Å². The standard InChI is InChI=1S/C12H18N6OS/c1-3-19-6-11-15-10(17-13)4-12(16-11)18(2)5-9-7-20-8-14-9/h4,7-8H,3,5-6,13H2,1-2H3,(H,15,16,17). The van der Waals surface area contributed by atoms with E-state index in [1.165, 1.54) is 0 Å². The van der Waals surface area contributed by atoms with Gasteiger partial charge in [0.2, 0.25) is 0 Å². The van der Waals surface area contributed by atoms with Crippen molar-refractivity contribution in [2.45, 2.75) is 20.1 Å². The third-order valence-electron chi connectivity index (χ3n) is 2.62. The molecule has 0 unspecified atom stereocenters. The SMILES string of the molecule is CCOCc1nc(NN)cc(N(C)Cc2cscn2)n1. The van der Waals surface area contributed by atoms with Crippen LogP contribution in [-0.2, 0) is 17.9 Å². The second-order valence-corrected chi connectivity index (χ2v) is 4.86. The first-order chi connectivity index (χ1) is 9.72. The Kier molecular flexibility index (Phi) is 5.22. The molecule has 0 amide bonds. The maximum absolute atomic E-state index is 5.44. The van der Waals surface area contributed by atoms with Crippen molar-refractivity contribution in [3.63, 3.8) is 0 Å². The third kappa shape index (κ3) is 3.86. The van der Waals surface area contributed by atoms with E-state index in [-0.39, 0.29) is 0 Å². The molecule has 2 aromatic rings. The minimum atomic E-state index is 0.365. The fourth-order valence-electron chi connectivity index (χ4n) is 1.65. The quantitative estimate of drug-likeness (QED) is 0.589. The monoisotopic (exact) mass is 294 g/mol. The molecule has 0 spiro atoms. The summed E-state index contributed by atoms with van der Waals surface area (Å²) in [5.41, 5.74) is 5.37. The van der Waals surface area contributed by atoms with Gasteiger partial charge in [-0.3, -0.25) is 0 Å². The zero-order chi connectivity index (χ0) is 14.4.